The van der Waals surface area contributed by atoms with Crippen molar-refractivity contribution in [3.63, 3.8) is 0 Å². The number of nitrogens with one attached hydrogen (secondary N) is 1. The Bertz CT molecular complexity index is 1630. The first-order chi connectivity index (χ1) is 19.7. The van der Waals surface area contributed by atoms with Gasteiger partial charge in [-0.3, -0.25) is 14.5 Å². The number of carboxylic acids is 1. The first-order valence-electron chi connectivity index (χ1n) is 13.1. The van der Waals surface area contributed by atoms with Gasteiger partial charge in [-0.15, -0.1) is 0 Å². The normalized spacial score (nSPS) is 13.5. The summed E-state index contributed by atoms with van der Waals surface area (Å²) >= 11 is 0. The maximum Gasteiger partial charge on any atom is 0.309 e. The minimum absolute atomic E-state index is 0.147. The van der Waals surface area contributed by atoms with E-state index in [4.69, 9.17) is 15.6 Å². The van der Waals surface area contributed by atoms with Crippen LogP contribution < -0.4 is 15.8 Å². The molecule has 0 saturated carbocycles. The molecule has 1 aliphatic rings. The molecule has 5 rings (SSSR count). The third kappa shape index (κ3) is 5.59. The first-order valence-corrected chi connectivity index (χ1v) is 13.1. The zero-order valence-corrected chi connectivity index (χ0v) is 22.9. The van der Waals surface area contributed by atoms with Crippen LogP contribution in [0, 0.1) is 25.6 Å². The topological polar surface area (TPSA) is 131 Å². The van der Waals surface area contributed by atoms with E-state index >= 15 is 4.39 Å². The van der Waals surface area contributed by atoms with E-state index < -0.39 is 17.8 Å². The Labute approximate surface area is 236 Å². The molecule has 1 aromatic heterocycles. The van der Waals surface area contributed by atoms with E-state index in [0.29, 0.717) is 41.2 Å². The minimum atomic E-state index is -0.834. The SMILES string of the molecule is COc1cc(-c2cccc(-c3cccc(NC(=O)c4cnc(N)cn4)c3)c2C)c(C)c(F)c1CN1CC(C(=O)O)C1. The van der Waals surface area contributed by atoms with Gasteiger partial charge in [-0.2, -0.15) is 0 Å². The van der Waals surface area contributed by atoms with E-state index in [0.717, 1.165) is 22.3 Å². The zero-order chi connectivity index (χ0) is 29.3. The van der Waals surface area contributed by atoms with Crippen molar-refractivity contribution in [2.45, 2.75) is 20.4 Å². The van der Waals surface area contributed by atoms with Crippen molar-refractivity contribution in [2.75, 3.05) is 31.2 Å². The summed E-state index contributed by atoms with van der Waals surface area (Å²) in [5, 5.41) is 12.0. The van der Waals surface area contributed by atoms with E-state index in [1.165, 1.54) is 19.5 Å². The number of likely N-dealkylation sites (tertiary alicyclic amines) is 1. The number of aliphatic carboxylic acids is 1. The third-order valence-corrected chi connectivity index (χ3v) is 7.44. The Morgan fingerprint density at radius 3 is 2.46 bits per heavy atom. The summed E-state index contributed by atoms with van der Waals surface area (Å²) in [6, 6.07) is 15.1. The minimum Gasteiger partial charge on any atom is -0.496 e. The number of carbonyl (C=O) groups is 2. The molecular weight excluding hydrogens is 525 g/mol. The number of benzene rings is 3. The van der Waals surface area contributed by atoms with Crippen molar-refractivity contribution < 1.29 is 23.8 Å². The number of aromatic nitrogens is 2. The fraction of sp³-hybridized carbons (Fsp3) is 0.226. The second-order valence-electron chi connectivity index (χ2n) is 10.1. The van der Waals surface area contributed by atoms with Gasteiger partial charge in [-0.05, 0) is 65.4 Å². The number of nitrogens with two attached hydrogens (primary N) is 1. The number of nitrogens with zero attached hydrogens (tertiary/aromatic N) is 3. The van der Waals surface area contributed by atoms with Crippen LogP contribution in [-0.4, -0.2) is 52.1 Å². The van der Waals surface area contributed by atoms with Gasteiger partial charge in [0.25, 0.3) is 5.91 Å². The Morgan fingerprint density at radius 2 is 1.78 bits per heavy atom. The largest absolute Gasteiger partial charge is 0.496 e. The zero-order valence-electron chi connectivity index (χ0n) is 22.9. The number of carbonyl (C=O) groups excluding carboxylic acids is 1. The lowest BCUT2D eigenvalue weighted by atomic mass is 9.89. The monoisotopic (exact) mass is 555 g/mol. The van der Waals surface area contributed by atoms with Crippen LogP contribution in [0.4, 0.5) is 15.9 Å². The molecule has 0 spiro atoms. The number of amides is 1. The number of ether oxygens (including phenoxy) is 1. The van der Waals surface area contributed by atoms with Gasteiger partial charge in [0.05, 0.1) is 25.4 Å². The molecule has 4 N–H and O–H groups in total. The van der Waals surface area contributed by atoms with E-state index in [9.17, 15) is 9.59 Å². The molecule has 4 aromatic rings. The molecule has 3 aromatic carbocycles. The second kappa shape index (κ2) is 11.3. The molecular formula is C31H30FN5O4. The molecule has 0 aliphatic carbocycles. The molecule has 1 amide bonds. The Kier molecular flexibility index (Phi) is 7.67. The molecule has 41 heavy (non-hydrogen) atoms. The summed E-state index contributed by atoms with van der Waals surface area (Å²) in [6.45, 7) is 4.76. The lowest BCUT2D eigenvalue weighted by molar-refractivity contribution is -0.147. The average Bonchev–Trinajstić information content (AvgIpc) is 2.93. The molecule has 1 saturated heterocycles. The molecule has 1 aliphatic heterocycles. The first kappa shape index (κ1) is 27.7. The summed E-state index contributed by atoms with van der Waals surface area (Å²) < 4.78 is 21.4. The van der Waals surface area contributed by atoms with Gasteiger partial charge in [0, 0.05) is 30.9 Å². The fourth-order valence-electron chi connectivity index (χ4n) is 5.12. The highest BCUT2D eigenvalue weighted by Crippen LogP contribution is 2.39. The number of nitrogen functional groups attached to an aromatic ring is 1. The number of methoxy groups -OCH3 is 1. The number of carboxylic acid groups (broad SMARTS) is 1. The molecule has 10 heteroatoms. The number of rotatable bonds is 8. The molecule has 1 fully saturated rings. The summed E-state index contributed by atoms with van der Waals surface area (Å²) in [5.74, 6) is -1.38. The van der Waals surface area contributed by atoms with Gasteiger partial charge in [0.1, 0.15) is 23.1 Å². The van der Waals surface area contributed by atoms with Crippen LogP contribution >= 0.6 is 0 Å². The smallest absolute Gasteiger partial charge is 0.309 e. The van der Waals surface area contributed by atoms with Gasteiger partial charge in [0.2, 0.25) is 0 Å². The molecule has 0 unspecified atom stereocenters. The maximum absolute atomic E-state index is 15.8. The van der Waals surface area contributed by atoms with Crippen LogP contribution in [0.1, 0.15) is 27.2 Å². The van der Waals surface area contributed by atoms with Crippen LogP contribution in [-0.2, 0) is 11.3 Å². The van der Waals surface area contributed by atoms with Crippen LogP contribution in [0.2, 0.25) is 0 Å². The van der Waals surface area contributed by atoms with Crippen molar-refractivity contribution in [3.05, 3.63) is 89.1 Å². The number of halogens is 1. The number of hydrogen-bond acceptors (Lipinski definition) is 7. The van der Waals surface area contributed by atoms with E-state index in [1.807, 2.05) is 54.3 Å². The number of hydrogen-bond donors (Lipinski definition) is 3. The molecule has 2 heterocycles. The average molecular weight is 556 g/mol. The third-order valence-electron chi connectivity index (χ3n) is 7.44. The Hall–Kier alpha value is -4.83. The van der Waals surface area contributed by atoms with Gasteiger partial charge in [0.15, 0.2) is 0 Å². The molecule has 0 radical (unpaired) electrons. The lowest BCUT2D eigenvalue weighted by Gasteiger charge is -2.37. The predicted molar refractivity (Wildman–Crippen MR) is 154 cm³/mol. The Balaban J connectivity index is 1.44. The predicted octanol–water partition coefficient (Wildman–Crippen LogP) is 4.93. The summed E-state index contributed by atoms with van der Waals surface area (Å²) in [5.41, 5.74) is 11.5. The van der Waals surface area contributed by atoms with Gasteiger partial charge in [-0.25, -0.2) is 14.4 Å². The van der Waals surface area contributed by atoms with Crippen LogP contribution in [0.25, 0.3) is 22.3 Å². The van der Waals surface area contributed by atoms with Crippen molar-refractivity contribution in [3.8, 4) is 28.0 Å². The van der Waals surface area contributed by atoms with Gasteiger partial charge < -0.3 is 20.9 Å². The highest BCUT2D eigenvalue weighted by molar-refractivity contribution is 6.03. The molecule has 0 atom stereocenters. The molecule has 9 nitrogen and oxygen atoms in total. The standard InChI is InChI=1S/C31H30FN5O4/c1-17-22(19-6-4-7-21(10-19)36-30(38)26-12-35-28(33)13-34-26)8-5-9-23(17)24-11-27(41-3)25(29(32)18(24)2)16-37-14-20(15-37)31(39)40/h4-13,20H,14-16H2,1-3H3,(H2,33,35)(H,36,38)(H,39,40). The fourth-order valence-corrected chi connectivity index (χ4v) is 5.12. The van der Waals surface area contributed by atoms with Gasteiger partial charge in [-0.1, -0.05) is 30.3 Å². The highest BCUT2D eigenvalue weighted by Gasteiger charge is 2.33. The van der Waals surface area contributed by atoms with E-state index in [2.05, 4.69) is 15.3 Å². The van der Waals surface area contributed by atoms with Crippen molar-refractivity contribution in [1.82, 2.24) is 14.9 Å². The van der Waals surface area contributed by atoms with Crippen molar-refractivity contribution in [1.29, 1.82) is 0 Å². The van der Waals surface area contributed by atoms with E-state index in [-0.39, 0.29) is 23.9 Å². The number of anilines is 2. The van der Waals surface area contributed by atoms with Crippen LogP contribution in [0.15, 0.2) is 60.9 Å². The van der Waals surface area contributed by atoms with Crippen LogP contribution in [0.5, 0.6) is 5.75 Å². The molecule has 0 bridgehead atoms. The van der Waals surface area contributed by atoms with Crippen LogP contribution in [0.3, 0.4) is 0 Å². The summed E-state index contributed by atoms with van der Waals surface area (Å²) in [4.78, 5) is 33.6. The quantitative estimate of drug-likeness (QED) is 0.279. The lowest BCUT2D eigenvalue weighted by Crippen LogP contribution is -2.49. The summed E-state index contributed by atoms with van der Waals surface area (Å²) in [7, 11) is 1.51. The molecule has 210 valence electrons. The summed E-state index contributed by atoms with van der Waals surface area (Å²) in [6.07, 6.45) is 2.64. The second-order valence-corrected chi connectivity index (χ2v) is 10.1. The van der Waals surface area contributed by atoms with Gasteiger partial charge >= 0.3 is 5.97 Å². The maximum atomic E-state index is 15.8. The Morgan fingerprint density at radius 1 is 1.05 bits per heavy atom. The van der Waals surface area contributed by atoms with Crippen molar-refractivity contribution >= 4 is 23.4 Å². The highest BCUT2D eigenvalue weighted by atomic mass is 19.1. The van der Waals surface area contributed by atoms with E-state index in [1.54, 1.807) is 13.0 Å². The van der Waals surface area contributed by atoms with Crippen molar-refractivity contribution in [2.24, 2.45) is 5.92 Å².